The Morgan fingerprint density at radius 1 is 0.692 bits per heavy atom. The van der Waals surface area contributed by atoms with E-state index in [1.165, 1.54) is 33.4 Å². The van der Waals surface area contributed by atoms with E-state index in [2.05, 4.69) is 118 Å². The Kier molecular flexibility index (Phi) is 5.80. The molecular formula is C25H24S. The molecule has 0 spiro atoms. The van der Waals surface area contributed by atoms with Crippen molar-refractivity contribution in [2.24, 2.45) is 0 Å². The fourth-order valence-corrected chi connectivity index (χ4v) is 3.10. The van der Waals surface area contributed by atoms with Gasteiger partial charge in [0, 0.05) is 4.91 Å². The summed E-state index contributed by atoms with van der Waals surface area (Å²) in [4.78, 5) is 0.979. The van der Waals surface area contributed by atoms with Gasteiger partial charge < -0.3 is 0 Å². The predicted molar refractivity (Wildman–Crippen MR) is 119 cm³/mol. The Bertz CT molecular complexity index is 942. The van der Waals surface area contributed by atoms with E-state index in [0.717, 1.165) is 10.5 Å². The van der Waals surface area contributed by atoms with Crippen LogP contribution in [0.2, 0.25) is 0 Å². The zero-order valence-corrected chi connectivity index (χ0v) is 16.4. The van der Waals surface area contributed by atoms with Gasteiger partial charge in [-0.3, -0.25) is 0 Å². The Balaban J connectivity index is 1.79. The lowest BCUT2D eigenvalue weighted by Gasteiger charge is -2.05. The Morgan fingerprint density at radius 3 is 1.88 bits per heavy atom. The van der Waals surface area contributed by atoms with E-state index >= 15 is 0 Å². The quantitative estimate of drug-likeness (QED) is 0.370. The zero-order chi connectivity index (χ0) is 18.5. The van der Waals surface area contributed by atoms with Crippen LogP contribution in [0.4, 0.5) is 0 Å². The largest absolute Gasteiger partial charge is 0.143 e. The molecule has 0 amide bonds. The summed E-state index contributed by atoms with van der Waals surface area (Å²) in [5, 5.41) is 0. The molecule has 0 aliphatic heterocycles. The van der Waals surface area contributed by atoms with E-state index in [1.807, 2.05) is 0 Å². The summed E-state index contributed by atoms with van der Waals surface area (Å²) in [7, 11) is 0. The Hall–Kier alpha value is -2.51. The second-order valence-electron chi connectivity index (χ2n) is 6.76. The summed E-state index contributed by atoms with van der Waals surface area (Å²) in [6.45, 7) is 6.35. The molecule has 0 saturated carbocycles. The van der Waals surface area contributed by atoms with Crippen molar-refractivity contribution in [3.8, 4) is 0 Å². The number of rotatable bonds is 4. The molecule has 0 fully saturated rings. The van der Waals surface area contributed by atoms with Crippen molar-refractivity contribution in [3.63, 3.8) is 0 Å². The highest BCUT2D eigenvalue weighted by Gasteiger charge is 2.00. The van der Waals surface area contributed by atoms with Crippen LogP contribution in [0.15, 0.2) is 66.7 Å². The summed E-state index contributed by atoms with van der Waals surface area (Å²) in [6, 6.07) is 23.5. The highest BCUT2D eigenvalue weighted by Crippen LogP contribution is 2.24. The van der Waals surface area contributed by atoms with Crippen LogP contribution in [0.3, 0.4) is 0 Å². The van der Waals surface area contributed by atoms with E-state index in [4.69, 9.17) is 0 Å². The highest BCUT2D eigenvalue weighted by atomic mass is 32.1. The van der Waals surface area contributed by atoms with Gasteiger partial charge in [0.15, 0.2) is 0 Å². The first-order chi connectivity index (χ1) is 12.5. The third kappa shape index (κ3) is 4.77. The maximum atomic E-state index is 4.67. The van der Waals surface area contributed by atoms with Crippen molar-refractivity contribution < 1.29 is 0 Å². The molecule has 0 N–H and O–H groups in total. The molecule has 0 nitrogen and oxygen atoms in total. The molecule has 3 aromatic carbocycles. The van der Waals surface area contributed by atoms with Gasteiger partial charge in [-0.1, -0.05) is 90.0 Å². The first kappa shape index (κ1) is 18.3. The first-order valence-corrected chi connectivity index (χ1v) is 9.29. The van der Waals surface area contributed by atoms with Gasteiger partial charge in [0.1, 0.15) is 0 Å². The van der Waals surface area contributed by atoms with Crippen LogP contribution in [0.5, 0.6) is 0 Å². The molecule has 0 radical (unpaired) electrons. The second-order valence-corrected chi connectivity index (χ2v) is 7.24. The van der Waals surface area contributed by atoms with Gasteiger partial charge in [-0.2, -0.15) is 0 Å². The lowest BCUT2D eigenvalue weighted by molar-refractivity contribution is 1.43. The fraction of sp³-hybridized carbons (Fsp3) is 0.120. The van der Waals surface area contributed by atoms with Crippen molar-refractivity contribution in [1.29, 1.82) is 0 Å². The normalized spacial score (nSPS) is 11.9. The third-order valence-electron chi connectivity index (χ3n) is 4.48. The molecular weight excluding hydrogens is 332 g/mol. The van der Waals surface area contributed by atoms with Gasteiger partial charge >= 0.3 is 0 Å². The van der Waals surface area contributed by atoms with Gasteiger partial charge in [0.05, 0.1) is 0 Å². The molecule has 0 heterocycles. The number of thiol groups is 1. The minimum atomic E-state index is 0.979. The van der Waals surface area contributed by atoms with Crippen LogP contribution in [-0.2, 0) is 0 Å². The van der Waals surface area contributed by atoms with Crippen molar-refractivity contribution in [1.82, 2.24) is 0 Å². The third-order valence-corrected chi connectivity index (χ3v) is 4.86. The highest BCUT2D eigenvalue weighted by molar-refractivity contribution is 7.90. The molecule has 0 atom stereocenters. The second kappa shape index (κ2) is 8.25. The SMILES string of the molecule is Cc1ccc(/C=C/c2ccc(/C=C(\S)c3ccc(C)cc3)cc2C)cc1. The van der Waals surface area contributed by atoms with Crippen LogP contribution < -0.4 is 0 Å². The van der Waals surface area contributed by atoms with Gasteiger partial charge in [0.2, 0.25) is 0 Å². The molecule has 130 valence electrons. The number of hydrogen-bond acceptors (Lipinski definition) is 1. The molecule has 26 heavy (non-hydrogen) atoms. The van der Waals surface area contributed by atoms with E-state index in [-0.39, 0.29) is 0 Å². The Labute approximate surface area is 162 Å². The number of benzene rings is 3. The van der Waals surface area contributed by atoms with Crippen LogP contribution in [0, 0.1) is 20.8 Å². The lowest BCUT2D eigenvalue weighted by atomic mass is 10.0. The minimum absolute atomic E-state index is 0.979. The van der Waals surface area contributed by atoms with Crippen molar-refractivity contribution in [3.05, 3.63) is 106 Å². The predicted octanol–water partition coefficient (Wildman–Crippen LogP) is 7.21. The molecule has 0 aliphatic carbocycles. The van der Waals surface area contributed by atoms with Crippen LogP contribution in [0.25, 0.3) is 23.1 Å². The molecule has 0 aromatic heterocycles. The van der Waals surface area contributed by atoms with Crippen LogP contribution >= 0.6 is 12.6 Å². The number of aryl methyl sites for hydroxylation is 3. The van der Waals surface area contributed by atoms with Crippen molar-refractivity contribution in [2.45, 2.75) is 20.8 Å². The van der Waals surface area contributed by atoms with Gasteiger partial charge in [-0.25, -0.2) is 0 Å². The maximum Gasteiger partial charge on any atom is 0.0118 e. The van der Waals surface area contributed by atoms with Gasteiger partial charge in [0.25, 0.3) is 0 Å². The molecule has 0 aliphatic rings. The topological polar surface area (TPSA) is 0 Å². The zero-order valence-electron chi connectivity index (χ0n) is 15.5. The molecule has 0 saturated heterocycles. The minimum Gasteiger partial charge on any atom is -0.143 e. The van der Waals surface area contributed by atoms with E-state index in [1.54, 1.807) is 0 Å². The summed E-state index contributed by atoms with van der Waals surface area (Å²) in [5.74, 6) is 0. The monoisotopic (exact) mass is 356 g/mol. The van der Waals surface area contributed by atoms with Crippen molar-refractivity contribution >= 4 is 35.8 Å². The van der Waals surface area contributed by atoms with E-state index in [9.17, 15) is 0 Å². The van der Waals surface area contributed by atoms with E-state index < -0.39 is 0 Å². The van der Waals surface area contributed by atoms with E-state index in [0.29, 0.717) is 0 Å². The lowest BCUT2D eigenvalue weighted by Crippen LogP contribution is -1.84. The molecule has 1 heteroatoms. The van der Waals surface area contributed by atoms with Gasteiger partial charge in [-0.15, -0.1) is 12.6 Å². The molecule has 0 unspecified atom stereocenters. The fourth-order valence-electron chi connectivity index (χ4n) is 2.80. The van der Waals surface area contributed by atoms with Crippen molar-refractivity contribution in [2.75, 3.05) is 0 Å². The smallest absolute Gasteiger partial charge is 0.0118 e. The Morgan fingerprint density at radius 2 is 1.27 bits per heavy atom. The first-order valence-electron chi connectivity index (χ1n) is 8.84. The summed E-state index contributed by atoms with van der Waals surface area (Å²) < 4.78 is 0. The molecule has 3 rings (SSSR count). The number of hydrogen-bond donors (Lipinski definition) is 1. The average molecular weight is 357 g/mol. The summed E-state index contributed by atoms with van der Waals surface area (Å²) >= 11 is 4.67. The molecule has 3 aromatic rings. The maximum absolute atomic E-state index is 4.67. The summed E-state index contributed by atoms with van der Waals surface area (Å²) in [5.41, 5.74) is 8.56. The standard InChI is InChI=1S/C25H24S/c1-18-4-8-21(9-5-18)10-14-23-15-11-22(16-20(23)3)17-25(26)24-12-6-19(2)7-13-24/h4-17,26H,1-3H3/b14-10+,25-17-. The van der Waals surface area contributed by atoms with Gasteiger partial charge in [-0.05, 0) is 54.7 Å². The van der Waals surface area contributed by atoms with Crippen LogP contribution in [-0.4, -0.2) is 0 Å². The molecule has 0 bridgehead atoms. The average Bonchev–Trinajstić information content (AvgIpc) is 2.63. The van der Waals surface area contributed by atoms with Crippen LogP contribution in [0.1, 0.15) is 38.9 Å². The summed E-state index contributed by atoms with van der Waals surface area (Å²) in [6.07, 6.45) is 6.46.